The van der Waals surface area contributed by atoms with Gasteiger partial charge in [-0.05, 0) is 88.5 Å². The molecule has 0 spiro atoms. The molecular formula is C30H34BrClN4O2. The number of carbonyl (C=O) groups is 1. The number of hydrogen-bond acceptors (Lipinski definition) is 5. The van der Waals surface area contributed by atoms with Gasteiger partial charge in [-0.25, -0.2) is 0 Å². The van der Waals surface area contributed by atoms with Crippen LogP contribution in [0.5, 0.6) is 0 Å². The minimum absolute atomic E-state index is 0.0757. The molecule has 2 aliphatic rings. The van der Waals surface area contributed by atoms with Crippen LogP contribution in [0.4, 0.5) is 0 Å². The summed E-state index contributed by atoms with van der Waals surface area (Å²) in [7, 11) is 0. The van der Waals surface area contributed by atoms with Gasteiger partial charge in [0, 0.05) is 45.6 Å². The third-order valence-corrected chi connectivity index (χ3v) is 8.90. The van der Waals surface area contributed by atoms with Crippen LogP contribution in [-0.4, -0.2) is 64.7 Å². The van der Waals surface area contributed by atoms with Gasteiger partial charge in [0.25, 0.3) is 5.91 Å². The van der Waals surface area contributed by atoms with Crippen molar-refractivity contribution in [2.45, 2.75) is 45.1 Å². The summed E-state index contributed by atoms with van der Waals surface area (Å²) in [6.07, 6.45) is 5.72. The maximum absolute atomic E-state index is 13.5. The highest BCUT2D eigenvalue weighted by molar-refractivity contribution is 9.10. The van der Waals surface area contributed by atoms with Crippen LogP contribution in [-0.2, 0) is 4.84 Å². The van der Waals surface area contributed by atoms with E-state index in [0.29, 0.717) is 23.1 Å². The molecule has 38 heavy (non-hydrogen) atoms. The molecule has 0 atom stereocenters. The highest BCUT2D eigenvalue weighted by Crippen LogP contribution is 2.34. The molecule has 2 aliphatic heterocycles. The van der Waals surface area contributed by atoms with Crippen molar-refractivity contribution < 1.29 is 9.63 Å². The average Bonchev–Trinajstić information content (AvgIpc) is 2.94. The number of amides is 1. The Morgan fingerprint density at radius 3 is 2.50 bits per heavy atom. The third kappa shape index (κ3) is 5.75. The van der Waals surface area contributed by atoms with Gasteiger partial charge in [-0.2, -0.15) is 0 Å². The van der Waals surface area contributed by atoms with Gasteiger partial charge in [-0.1, -0.05) is 50.9 Å². The minimum Gasteiger partial charge on any atom is -0.396 e. The molecule has 5 rings (SSSR count). The summed E-state index contributed by atoms with van der Waals surface area (Å²) in [6.45, 7) is 8.44. The number of rotatable bonds is 6. The van der Waals surface area contributed by atoms with E-state index in [-0.39, 0.29) is 11.4 Å². The van der Waals surface area contributed by atoms with Gasteiger partial charge in [0.05, 0.1) is 16.8 Å². The van der Waals surface area contributed by atoms with Crippen molar-refractivity contribution in [2.75, 3.05) is 32.8 Å². The predicted octanol–water partition coefficient (Wildman–Crippen LogP) is 6.80. The van der Waals surface area contributed by atoms with E-state index < -0.39 is 0 Å². The summed E-state index contributed by atoms with van der Waals surface area (Å²) in [5.41, 5.74) is 3.72. The van der Waals surface area contributed by atoms with E-state index in [0.717, 1.165) is 78.5 Å². The molecule has 2 saturated heterocycles. The molecule has 2 fully saturated rings. The Kier molecular flexibility index (Phi) is 8.36. The van der Waals surface area contributed by atoms with Gasteiger partial charge in [-0.3, -0.25) is 14.7 Å². The highest BCUT2D eigenvalue weighted by atomic mass is 79.9. The van der Waals surface area contributed by atoms with Crippen molar-refractivity contribution in [3.63, 3.8) is 0 Å². The lowest BCUT2D eigenvalue weighted by Gasteiger charge is -2.49. The van der Waals surface area contributed by atoms with Crippen LogP contribution in [0.3, 0.4) is 0 Å². The number of piperidine rings is 2. The van der Waals surface area contributed by atoms with Crippen molar-refractivity contribution in [1.29, 1.82) is 0 Å². The van der Waals surface area contributed by atoms with Crippen molar-refractivity contribution in [1.82, 2.24) is 14.8 Å². The van der Waals surface area contributed by atoms with Gasteiger partial charge in [0.2, 0.25) is 0 Å². The quantitative estimate of drug-likeness (QED) is 0.232. The topological polar surface area (TPSA) is 58.0 Å². The largest absolute Gasteiger partial charge is 0.396 e. The number of aromatic nitrogens is 1. The van der Waals surface area contributed by atoms with E-state index in [4.69, 9.17) is 16.4 Å². The van der Waals surface area contributed by atoms with E-state index in [1.807, 2.05) is 36.1 Å². The number of likely N-dealkylation sites (tertiary alicyclic amines) is 2. The van der Waals surface area contributed by atoms with Crippen molar-refractivity contribution in [3.05, 3.63) is 75.4 Å². The number of carbonyl (C=O) groups excluding carboxylic acids is 1. The predicted molar refractivity (Wildman–Crippen MR) is 157 cm³/mol. The van der Waals surface area contributed by atoms with Crippen LogP contribution in [0.25, 0.3) is 10.9 Å². The third-order valence-electron chi connectivity index (χ3n) is 8.14. The normalized spacial score (nSPS) is 19.1. The molecule has 8 heteroatoms. The number of halogens is 2. The zero-order valence-corrected chi connectivity index (χ0v) is 24.3. The number of fused-ring (bicyclic) bond motifs is 1. The Morgan fingerprint density at radius 2 is 1.82 bits per heavy atom. The molecule has 0 unspecified atom stereocenters. The minimum atomic E-state index is 0.0757. The Labute approximate surface area is 238 Å². The van der Waals surface area contributed by atoms with Crippen LogP contribution in [0.2, 0.25) is 5.02 Å². The van der Waals surface area contributed by atoms with Crippen LogP contribution in [0.1, 0.15) is 55.5 Å². The lowest BCUT2D eigenvalue weighted by molar-refractivity contribution is 0.0162. The Balaban J connectivity index is 1.22. The second-order valence-electron chi connectivity index (χ2n) is 10.5. The number of pyridine rings is 1. The molecule has 2 aromatic carbocycles. The fourth-order valence-electron chi connectivity index (χ4n) is 5.80. The summed E-state index contributed by atoms with van der Waals surface area (Å²) < 4.78 is 1.06. The number of benzene rings is 2. The average molecular weight is 598 g/mol. The van der Waals surface area contributed by atoms with Crippen LogP contribution in [0, 0.1) is 5.92 Å². The summed E-state index contributed by atoms with van der Waals surface area (Å²) in [5.74, 6) is 0.449. The smallest absolute Gasteiger partial charge is 0.254 e. The Morgan fingerprint density at radius 1 is 1.11 bits per heavy atom. The molecule has 0 saturated carbocycles. The Hall–Kier alpha value is -2.48. The van der Waals surface area contributed by atoms with Crippen LogP contribution < -0.4 is 0 Å². The highest BCUT2D eigenvalue weighted by Gasteiger charge is 2.39. The number of nitrogens with zero attached hydrogens (tertiary/aromatic N) is 4. The molecule has 1 aromatic heterocycles. The first kappa shape index (κ1) is 27.1. The Bertz CT molecular complexity index is 1310. The van der Waals surface area contributed by atoms with E-state index in [9.17, 15) is 4.79 Å². The van der Waals surface area contributed by atoms with E-state index in [2.05, 4.69) is 62.2 Å². The number of oxime groups is 1. The molecule has 3 heterocycles. The zero-order valence-electron chi connectivity index (χ0n) is 22.0. The fourth-order valence-corrected chi connectivity index (χ4v) is 6.23. The van der Waals surface area contributed by atoms with Gasteiger partial charge >= 0.3 is 0 Å². The molecule has 0 radical (unpaired) electrons. The summed E-state index contributed by atoms with van der Waals surface area (Å²) >= 11 is 9.67. The SMILES string of the molecule is CCO/N=C(/c1ccc(Br)cc1)C1CCN(C2(C)CCN(C(=O)c3ccnc4cc(Cl)ccc34)CC2)CC1. The van der Waals surface area contributed by atoms with E-state index in [1.165, 1.54) is 0 Å². The lowest BCUT2D eigenvalue weighted by atomic mass is 9.82. The fraction of sp³-hybridized carbons (Fsp3) is 0.433. The molecule has 3 aromatic rings. The van der Waals surface area contributed by atoms with Gasteiger partial charge in [0.1, 0.15) is 6.61 Å². The van der Waals surface area contributed by atoms with Crippen LogP contribution in [0.15, 0.2) is 64.4 Å². The van der Waals surface area contributed by atoms with Gasteiger partial charge in [0.15, 0.2) is 0 Å². The molecule has 6 nitrogen and oxygen atoms in total. The standard InChI is InChI=1S/C30H34BrClN4O2/c1-3-38-34-28(21-4-6-23(31)7-5-21)22-11-16-36(17-12-22)30(2)13-18-35(19-14-30)29(37)26-10-15-33-27-20-24(32)8-9-25(26)27/h4-10,15,20,22H,3,11-14,16-19H2,1-2H3/b34-28-. The van der Waals surface area contributed by atoms with Crippen molar-refractivity contribution in [3.8, 4) is 0 Å². The van der Waals surface area contributed by atoms with Crippen molar-refractivity contribution >= 4 is 50.1 Å². The summed E-state index contributed by atoms with van der Waals surface area (Å²) in [6, 6.07) is 15.7. The van der Waals surface area contributed by atoms with Gasteiger partial charge in [-0.15, -0.1) is 0 Å². The van der Waals surface area contributed by atoms with Crippen molar-refractivity contribution in [2.24, 2.45) is 11.1 Å². The molecule has 200 valence electrons. The molecule has 1 amide bonds. The van der Waals surface area contributed by atoms with Crippen LogP contribution >= 0.6 is 27.5 Å². The summed E-state index contributed by atoms with van der Waals surface area (Å²) in [4.78, 5) is 28.0. The first-order valence-corrected chi connectivity index (χ1v) is 14.6. The molecule has 0 aliphatic carbocycles. The monoisotopic (exact) mass is 596 g/mol. The number of hydrogen-bond donors (Lipinski definition) is 0. The lowest BCUT2D eigenvalue weighted by Crippen LogP contribution is -2.56. The molecule has 0 N–H and O–H groups in total. The first-order chi connectivity index (χ1) is 18.4. The maximum Gasteiger partial charge on any atom is 0.254 e. The van der Waals surface area contributed by atoms with E-state index >= 15 is 0 Å². The zero-order chi connectivity index (χ0) is 26.7. The van der Waals surface area contributed by atoms with E-state index in [1.54, 1.807) is 6.20 Å². The molecule has 0 bridgehead atoms. The molecular weight excluding hydrogens is 564 g/mol. The summed E-state index contributed by atoms with van der Waals surface area (Å²) in [5, 5.41) is 6.01. The maximum atomic E-state index is 13.5. The second kappa shape index (κ2) is 11.7. The van der Waals surface area contributed by atoms with Gasteiger partial charge < -0.3 is 9.74 Å². The first-order valence-electron chi connectivity index (χ1n) is 13.4. The second-order valence-corrected chi connectivity index (χ2v) is 11.8.